The second-order valence-corrected chi connectivity index (χ2v) is 10.4. The Morgan fingerprint density at radius 1 is 0.919 bits per heavy atom. The quantitative estimate of drug-likeness (QED) is 0.306. The van der Waals surface area contributed by atoms with Crippen molar-refractivity contribution in [1.82, 2.24) is 24.7 Å². The Kier molecular flexibility index (Phi) is 6.55. The molecule has 0 unspecified atom stereocenters. The molecule has 0 saturated carbocycles. The number of hydrogen-bond acceptors (Lipinski definition) is 6. The summed E-state index contributed by atoms with van der Waals surface area (Å²) in [6.45, 7) is 1.59. The molecule has 0 radical (unpaired) electrons. The zero-order valence-corrected chi connectivity index (χ0v) is 20.9. The van der Waals surface area contributed by atoms with Gasteiger partial charge in [0.25, 0.3) is 0 Å². The summed E-state index contributed by atoms with van der Waals surface area (Å²) in [6.07, 6.45) is 0. The number of sulfonamides is 1. The van der Waals surface area contributed by atoms with E-state index in [2.05, 4.69) is 19.7 Å². The van der Waals surface area contributed by atoms with Crippen molar-refractivity contribution in [3.8, 4) is 22.5 Å². The van der Waals surface area contributed by atoms with Gasteiger partial charge in [0.2, 0.25) is 15.5 Å². The van der Waals surface area contributed by atoms with E-state index in [4.69, 9.17) is 16.6 Å². The highest BCUT2D eigenvalue weighted by Crippen LogP contribution is 2.31. The van der Waals surface area contributed by atoms with E-state index >= 15 is 0 Å². The minimum atomic E-state index is -3.94. The highest BCUT2D eigenvalue weighted by molar-refractivity contribution is 7.89. The van der Waals surface area contributed by atoms with E-state index in [1.54, 1.807) is 19.1 Å². The van der Waals surface area contributed by atoms with E-state index in [0.29, 0.717) is 22.6 Å². The van der Waals surface area contributed by atoms with Crippen molar-refractivity contribution in [2.45, 2.75) is 18.4 Å². The third-order valence-corrected chi connectivity index (χ3v) is 7.14. The Balaban J connectivity index is 1.59. The summed E-state index contributed by atoms with van der Waals surface area (Å²) in [5.74, 6) is -0.547. The molecule has 0 saturated heterocycles. The Morgan fingerprint density at radius 3 is 2.32 bits per heavy atom. The van der Waals surface area contributed by atoms with Crippen LogP contribution in [0.1, 0.15) is 11.4 Å². The predicted octanol–water partition coefficient (Wildman–Crippen LogP) is 4.63. The Bertz CT molecular complexity index is 1770. The number of rotatable bonds is 6. The summed E-state index contributed by atoms with van der Waals surface area (Å²) in [5.41, 5.74) is 3.20. The summed E-state index contributed by atoms with van der Waals surface area (Å²) in [6, 6.07) is 18.5. The Labute approximate surface area is 216 Å². The van der Waals surface area contributed by atoms with E-state index in [1.165, 1.54) is 6.07 Å². The molecule has 0 aliphatic heterocycles. The number of aromatic nitrogens is 4. The number of benzene rings is 2. The van der Waals surface area contributed by atoms with E-state index < -0.39 is 21.3 Å². The van der Waals surface area contributed by atoms with Gasteiger partial charge >= 0.3 is 0 Å². The second kappa shape index (κ2) is 9.81. The zero-order valence-electron chi connectivity index (χ0n) is 19.4. The predicted molar refractivity (Wildman–Crippen MR) is 139 cm³/mol. The minimum absolute atomic E-state index is 0.0883. The van der Waals surface area contributed by atoms with Crippen molar-refractivity contribution in [3.05, 3.63) is 105 Å². The van der Waals surface area contributed by atoms with Gasteiger partial charge < -0.3 is 4.98 Å². The number of hydrogen-bond donors (Lipinski definition) is 2. The van der Waals surface area contributed by atoms with Crippen LogP contribution in [-0.2, 0) is 16.6 Å². The first kappa shape index (κ1) is 24.7. The van der Waals surface area contributed by atoms with Gasteiger partial charge in [-0.25, -0.2) is 32.5 Å². The van der Waals surface area contributed by atoms with Gasteiger partial charge in [-0.2, -0.15) is 0 Å². The van der Waals surface area contributed by atoms with Crippen LogP contribution in [0.15, 0.2) is 82.5 Å². The maximum Gasteiger partial charge on any atom is 0.240 e. The van der Waals surface area contributed by atoms with Gasteiger partial charge in [-0.15, -0.1) is 0 Å². The lowest BCUT2D eigenvalue weighted by Gasteiger charge is -2.12. The number of aryl methyl sites for hydroxylation is 1. The van der Waals surface area contributed by atoms with E-state index in [0.717, 1.165) is 29.8 Å². The fraction of sp³-hybridized carbons (Fsp3) is 0.0769. The topological polar surface area (TPSA) is 118 Å². The van der Waals surface area contributed by atoms with Crippen LogP contribution in [0.2, 0.25) is 5.15 Å². The van der Waals surface area contributed by atoms with Crippen molar-refractivity contribution < 1.29 is 12.8 Å². The Morgan fingerprint density at radius 2 is 1.62 bits per heavy atom. The molecule has 5 aromatic rings. The molecule has 0 fully saturated rings. The van der Waals surface area contributed by atoms with Crippen molar-refractivity contribution >= 4 is 32.8 Å². The van der Waals surface area contributed by atoms with Gasteiger partial charge in [0.05, 0.1) is 22.8 Å². The molecule has 37 heavy (non-hydrogen) atoms. The standard InChI is InChI=1S/C26H19ClFN5O3S/c1-15-11-17(12-22(27)30-15)24-23(16-5-3-2-4-6-16)33-26-25(32-24)21(34)13-19(31-26)14-29-37(35,36)20-9-7-18(28)8-10-20/h2-13,29H,14H2,1H3,(H,31,33,34). The van der Waals surface area contributed by atoms with Gasteiger partial charge in [-0.05, 0) is 43.3 Å². The van der Waals surface area contributed by atoms with Crippen LogP contribution in [0.3, 0.4) is 0 Å². The number of H-pyrrole nitrogens is 1. The summed E-state index contributed by atoms with van der Waals surface area (Å²) in [5, 5.41) is 0.286. The SMILES string of the molecule is Cc1cc(-c2nc3c(=O)cc(CNS(=O)(=O)c4ccc(F)cc4)[nH]c3nc2-c2ccccc2)cc(Cl)n1. The largest absolute Gasteiger partial charge is 0.340 e. The first-order valence-corrected chi connectivity index (χ1v) is 12.9. The molecule has 3 aromatic heterocycles. The summed E-state index contributed by atoms with van der Waals surface area (Å²) in [4.78, 5) is 29.5. The average molecular weight is 536 g/mol. The molecule has 5 rings (SSSR count). The van der Waals surface area contributed by atoms with E-state index in [9.17, 15) is 17.6 Å². The van der Waals surface area contributed by atoms with Gasteiger partial charge in [0.15, 0.2) is 11.2 Å². The smallest absolute Gasteiger partial charge is 0.240 e. The van der Waals surface area contributed by atoms with Crippen molar-refractivity contribution in [1.29, 1.82) is 0 Å². The van der Waals surface area contributed by atoms with Crippen molar-refractivity contribution in [3.63, 3.8) is 0 Å². The zero-order chi connectivity index (χ0) is 26.2. The number of fused-ring (bicyclic) bond motifs is 1. The normalized spacial score (nSPS) is 11.6. The molecule has 0 atom stereocenters. The van der Waals surface area contributed by atoms with Crippen LogP contribution in [0.25, 0.3) is 33.7 Å². The molecule has 3 heterocycles. The molecule has 0 amide bonds. The van der Waals surface area contributed by atoms with Crippen LogP contribution in [0.4, 0.5) is 4.39 Å². The summed E-state index contributed by atoms with van der Waals surface area (Å²) < 4.78 is 40.8. The van der Waals surface area contributed by atoms with Crippen LogP contribution in [0.5, 0.6) is 0 Å². The lowest BCUT2D eigenvalue weighted by atomic mass is 10.0. The first-order valence-electron chi connectivity index (χ1n) is 11.1. The maximum atomic E-state index is 13.2. The van der Waals surface area contributed by atoms with Gasteiger partial charge in [0, 0.05) is 28.6 Å². The van der Waals surface area contributed by atoms with E-state index in [-0.39, 0.29) is 33.5 Å². The van der Waals surface area contributed by atoms with Crippen molar-refractivity contribution in [2.24, 2.45) is 0 Å². The molecule has 8 nitrogen and oxygen atoms in total. The van der Waals surface area contributed by atoms with E-state index in [1.807, 2.05) is 30.3 Å². The fourth-order valence-electron chi connectivity index (χ4n) is 3.84. The maximum absolute atomic E-state index is 13.2. The first-order chi connectivity index (χ1) is 17.7. The minimum Gasteiger partial charge on any atom is -0.340 e. The van der Waals surface area contributed by atoms with Crippen LogP contribution >= 0.6 is 11.6 Å². The third kappa shape index (κ3) is 5.26. The van der Waals surface area contributed by atoms with Gasteiger partial charge in [-0.3, -0.25) is 4.79 Å². The highest BCUT2D eigenvalue weighted by atomic mass is 35.5. The molecule has 0 spiro atoms. The number of nitrogens with zero attached hydrogens (tertiary/aromatic N) is 3. The summed E-state index contributed by atoms with van der Waals surface area (Å²) >= 11 is 6.19. The highest BCUT2D eigenvalue weighted by Gasteiger charge is 2.18. The second-order valence-electron chi connectivity index (χ2n) is 8.24. The molecule has 186 valence electrons. The molecule has 0 aliphatic carbocycles. The molecule has 2 N–H and O–H groups in total. The van der Waals surface area contributed by atoms with Crippen LogP contribution < -0.4 is 10.2 Å². The number of nitrogens with one attached hydrogen (secondary N) is 2. The number of pyridine rings is 2. The fourth-order valence-corrected chi connectivity index (χ4v) is 5.09. The molecule has 0 bridgehead atoms. The Hall–Kier alpha value is -3.99. The molecule has 2 aromatic carbocycles. The number of aromatic amines is 1. The number of halogens is 2. The molecule has 0 aliphatic rings. The van der Waals surface area contributed by atoms with Crippen LogP contribution in [0, 0.1) is 12.7 Å². The third-order valence-electron chi connectivity index (χ3n) is 5.53. The summed E-state index contributed by atoms with van der Waals surface area (Å²) in [7, 11) is -3.94. The average Bonchev–Trinajstić information content (AvgIpc) is 2.87. The lowest BCUT2D eigenvalue weighted by Crippen LogP contribution is -2.24. The molecular weight excluding hydrogens is 517 g/mol. The van der Waals surface area contributed by atoms with Crippen molar-refractivity contribution in [2.75, 3.05) is 0 Å². The van der Waals surface area contributed by atoms with Gasteiger partial charge in [0.1, 0.15) is 11.0 Å². The monoisotopic (exact) mass is 535 g/mol. The van der Waals surface area contributed by atoms with Crippen LogP contribution in [-0.4, -0.2) is 28.4 Å². The van der Waals surface area contributed by atoms with Gasteiger partial charge in [-0.1, -0.05) is 41.9 Å². The molecule has 11 heteroatoms. The lowest BCUT2D eigenvalue weighted by molar-refractivity contribution is 0.579. The molecular formula is C26H19ClFN5O3S.